The number of hydrogen-bond acceptors (Lipinski definition) is 7. The summed E-state index contributed by atoms with van der Waals surface area (Å²) in [6.07, 6.45) is 6.62. The molecule has 4 aromatic rings. The molecule has 0 spiro atoms. The van der Waals surface area contributed by atoms with Gasteiger partial charge < -0.3 is 10.6 Å². The molecule has 0 unspecified atom stereocenters. The molecule has 4 rings (SSSR count). The number of fused-ring (bicyclic) bond motifs is 1. The van der Waals surface area contributed by atoms with Crippen LogP contribution in [-0.2, 0) is 6.42 Å². The van der Waals surface area contributed by atoms with Crippen molar-refractivity contribution < 1.29 is 9.18 Å². The van der Waals surface area contributed by atoms with Crippen molar-refractivity contribution in [2.24, 2.45) is 0 Å². The van der Waals surface area contributed by atoms with E-state index in [0.717, 1.165) is 23.0 Å². The minimum atomic E-state index is -0.643. The molecule has 0 fully saturated rings. The maximum atomic E-state index is 14.2. The quantitative estimate of drug-likeness (QED) is 0.497. The smallest absolute Gasteiger partial charge is 0.254 e. The number of carbonyl (C=O) groups excluding carboxylic acids is 1. The topological polar surface area (TPSA) is 106 Å². The lowest BCUT2D eigenvalue weighted by Gasteiger charge is -2.11. The fourth-order valence-electron chi connectivity index (χ4n) is 3.28. The highest BCUT2D eigenvalue weighted by Gasteiger charge is 2.17. The van der Waals surface area contributed by atoms with E-state index in [2.05, 4.69) is 35.6 Å². The van der Waals surface area contributed by atoms with Gasteiger partial charge in [-0.2, -0.15) is 0 Å². The second-order valence-electron chi connectivity index (χ2n) is 6.86. The van der Waals surface area contributed by atoms with Gasteiger partial charge in [-0.25, -0.2) is 24.3 Å². The van der Waals surface area contributed by atoms with Gasteiger partial charge in [0.25, 0.3) is 5.91 Å². The minimum Gasteiger partial charge on any atom is -0.370 e. The third-order valence-electron chi connectivity index (χ3n) is 4.83. The molecular weight excluding hydrogens is 397 g/mol. The molecule has 0 aliphatic heterocycles. The van der Waals surface area contributed by atoms with Crippen molar-refractivity contribution in [2.75, 3.05) is 18.9 Å². The summed E-state index contributed by atoms with van der Waals surface area (Å²) in [5.41, 5.74) is 3.02. The summed E-state index contributed by atoms with van der Waals surface area (Å²) in [6, 6.07) is 7.24. The molecule has 1 amide bonds. The first-order valence-corrected chi connectivity index (χ1v) is 9.70. The standard InChI is InChI=1S/C22H20FN7O/c1-13-26-9-15(10-27-13)18-8-19(30-12-29-18)25-7-6-14-4-3-5-16-20(22(31)24-2)17(23)11-28-21(14)16/h3-5,8-12H,6-7H2,1-2H3,(H,24,31)(H,25,29,30). The Hall–Kier alpha value is -4.01. The molecule has 0 saturated carbocycles. The molecule has 8 nitrogen and oxygen atoms in total. The molecule has 0 aliphatic carbocycles. The van der Waals surface area contributed by atoms with Gasteiger partial charge in [0.05, 0.1) is 23.0 Å². The van der Waals surface area contributed by atoms with Crippen LogP contribution in [0.25, 0.3) is 22.2 Å². The lowest BCUT2D eigenvalue weighted by Crippen LogP contribution is -2.20. The maximum Gasteiger partial charge on any atom is 0.254 e. The summed E-state index contributed by atoms with van der Waals surface area (Å²) in [5, 5.41) is 6.23. The molecule has 3 aromatic heterocycles. The van der Waals surface area contributed by atoms with Crippen molar-refractivity contribution in [1.29, 1.82) is 0 Å². The summed E-state index contributed by atoms with van der Waals surface area (Å²) in [6.45, 7) is 2.39. The molecule has 31 heavy (non-hydrogen) atoms. The van der Waals surface area contributed by atoms with Crippen molar-refractivity contribution in [3.05, 3.63) is 72.0 Å². The monoisotopic (exact) mass is 417 g/mol. The van der Waals surface area contributed by atoms with E-state index >= 15 is 0 Å². The van der Waals surface area contributed by atoms with Crippen molar-refractivity contribution in [2.45, 2.75) is 13.3 Å². The Balaban J connectivity index is 1.52. The maximum absolute atomic E-state index is 14.2. The van der Waals surface area contributed by atoms with Crippen LogP contribution in [0.1, 0.15) is 21.7 Å². The van der Waals surface area contributed by atoms with Crippen molar-refractivity contribution in [3.8, 4) is 11.3 Å². The molecule has 0 bridgehead atoms. The van der Waals surface area contributed by atoms with Gasteiger partial charge >= 0.3 is 0 Å². The number of halogens is 1. The highest BCUT2D eigenvalue weighted by Crippen LogP contribution is 2.23. The number of benzene rings is 1. The number of amides is 1. The summed E-state index contributed by atoms with van der Waals surface area (Å²) in [7, 11) is 1.47. The van der Waals surface area contributed by atoms with E-state index in [0.29, 0.717) is 35.5 Å². The van der Waals surface area contributed by atoms with Gasteiger partial charge in [-0.15, -0.1) is 0 Å². The molecule has 3 heterocycles. The van der Waals surface area contributed by atoms with Crippen LogP contribution >= 0.6 is 0 Å². The van der Waals surface area contributed by atoms with Crippen LogP contribution in [0.5, 0.6) is 0 Å². The van der Waals surface area contributed by atoms with Gasteiger partial charge in [0.1, 0.15) is 18.0 Å². The van der Waals surface area contributed by atoms with Crippen molar-refractivity contribution >= 4 is 22.6 Å². The summed E-state index contributed by atoms with van der Waals surface area (Å²) >= 11 is 0. The van der Waals surface area contributed by atoms with E-state index < -0.39 is 11.7 Å². The number of nitrogens with zero attached hydrogens (tertiary/aromatic N) is 5. The largest absolute Gasteiger partial charge is 0.370 e. The molecule has 1 aromatic carbocycles. The van der Waals surface area contributed by atoms with Gasteiger partial charge in [0.2, 0.25) is 0 Å². The van der Waals surface area contributed by atoms with Gasteiger partial charge in [0.15, 0.2) is 5.82 Å². The molecule has 0 atom stereocenters. The molecule has 0 radical (unpaired) electrons. The van der Waals surface area contributed by atoms with Crippen LogP contribution in [-0.4, -0.2) is 44.4 Å². The van der Waals surface area contributed by atoms with Crippen LogP contribution in [0.3, 0.4) is 0 Å². The van der Waals surface area contributed by atoms with Gasteiger partial charge in [-0.1, -0.05) is 18.2 Å². The predicted octanol–water partition coefficient (Wildman–Crippen LogP) is 2.94. The van der Waals surface area contributed by atoms with Gasteiger partial charge in [0, 0.05) is 43.0 Å². The van der Waals surface area contributed by atoms with Crippen LogP contribution in [0, 0.1) is 12.7 Å². The van der Waals surface area contributed by atoms with Gasteiger partial charge in [-0.3, -0.25) is 9.78 Å². The number of anilines is 1. The number of rotatable bonds is 6. The second kappa shape index (κ2) is 8.78. The number of pyridine rings is 1. The Morgan fingerprint density at radius 3 is 2.65 bits per heavy atom. The molecule has 2 N–H and O–H groups in total. The van der Waals surface area contributed by atoms with Crippen LogP contribution in [0.2, 0.25) is 0 Å². The number of nitrogens with one attached hydrogen (secondary N) is 2. The fraction of sp³-hybridized carbons (Fsp3) is 0.182. The molecule has 0 saturated heterocycles. The van der Waals surface area contributed by atoms with E-state index in [1.54, 1.807) is 24.5 Å². The zero-order valence-corrected chi connectivity index (χ0v) is 17.1. The third-order valence-corrected chi connectivity index (χ3v) is 4.83. The van der Waals surface area contributed by atoms with Crippen molar-refractivity contribution in [3.63, 3.8) is 0 Å². The van der Waals surface area contributed by atoms with Gasteiger partial charge in [-0.05, 0) is 18.9 Å². The summed E-state index contributed by atoms with van der Waals surface area (Å²) in [5.74, 6) is 0.236. The highest BCUT2D eigenvalue weighted by atomic mass is 19.1. The molecule has 0 aliphatic rings. The number of carbonyl (C=O) groups is 1. The predicted molar refractivity (Wildman–Crippen MR) is 115 cm³/mol. The third kappa shape index (κ3) is 4.30. The second-order valence-corrected chi connectivity index (χ2v) is 6.86. The molecular formula is C22H20FN7O. The Bertz CT molecular complexity index is 1240. The van der Waals surface area contributed by atoms with Crippen LogP contribution in [0.15, 0.2) is 49.2 Å². The normalized spacial score (nSPS) is 10.8. The molecule has 156 valence electrons. The Labute approximate surface area is 178 Å². The number of aromatic nitrogens is 5. The van der Waals surface area contributed by atoms with Crippen LogP contribution in [0.4, 0.5) is 10.2 Å². The van der Waals surface area contributed by atoms with E-state index in [9.17, 15) is 9.18 Å². The minimum absolute atomic E-state index is 0.00284. The fourth-order valence-corrected chi connectivity index (χ4v) is 3.28. The first kappa shape index (κ1) is 20.3. The zero-order chi connectivity index (χ0) is 21.8. The molecule has 9 heteroatoms. The van der Waals surface area contributed by atoms with E-state index in [1.807, 2.05) is 19.1 Å². The van der Waals surface area contributed by atoms with Crippen LogP contribution < -0.4 is 10.6 Å². The van der Waals surface area contributed by atoms with E-state index in [4.69, 9.17) is 0 Å². The number of hydrogen-bond donors (Lipinski definition) is 2. The van der Waals surface area contributed by atoms with E-state index in [1.165, 1.54) is 13.4 Å². The Kier molecular flexibility index (Phi) is 5.74. The van der Waals surface area contributed by atoms with Crippen molar-refractivity contribution in [1.82, 2.24) is 30.2 Å². The summed E-state index contributed by atoms with van der Waals surface area (Å²) < 4.78 is 14.2. The van der Waals surface area contributed by atoms with E-state index in [-0.39, 0.29) is 5.56 Å². The Morgan fingerprint density at radius 2 is 1.87 bits per heavy atom. The number of aryl methyl sites for hydroxylation is 1. The average Bonchev–Trinajstić information content (AvgIpc) is 2.79. The Morgan fingerprint density at radius 1 is 1.06 bits per heavy atom. The summed E-state index contributed by atoms with van der Waals surface area (Å²) in [4.78, 5) is 33.3. The lowest BCUT2D eigenvalue weighted by atomic mass is 10.0. The SMILES string of the molecule is CNC(=O)c1c(F)cnc2c(CCNc3cc(-c4cnc(C)nc4)ncn3)cccc12. The average molecular weight is 417 g/mol. The first-order chi connectivity index (χ1) is 15.1. The highest BCUT2D eigenvalue weighted by molar-refractivity contribution is 6.06. The first-order valence-electron chi connectivity index (χ1n) is 9.70. The number of para-hydroxylation sites is 1. The zero-order valence-electron chi connectivity index (χ0n) is 17.1. The lowest BCUT2D eigenvalue weighted by molar-refractivity contribution is 0.0961.